The summed E-state index contributed by atoms with van der Waals surface area (Å²) in [6.07, 6.45) is 2.45. The molecule has 1 saturated heterocycles. The fourth-order valence-electron chi connectivity index (χ4n) is 2.30. The van der Waals surface area contributed by atoms with E-state index in [1.165, 1.54) is 12.8 Å². The van der Waals surface area contributed by atoms with Gasteiger partial charge in [-0.1, -0.05) is 0 Å². The second-order valence-electron chi connectivity index (χ2n) is 4.66. The van der Waals surface area contributed by atoms with Gasteiger partial charge in [-0.05, 0) is 33.6 Å². The highest BCUT2D eigenvalue weighted by molar-refractivity contribution is 5.45. The van der Waals surface area contributed by atoms with Crippen molar-refractivity contribution >= 4 is 17.8 Å². The van der Waals surface area contributed by atoms with E-state index in [2.05, 4.69) is 50.8 Å². The Labute approximate surface area is 115 Å². The van der Waals surface area contributed by atoms with Gasteiger partial charge in [0.2, 0.25) is 17.8 Å². The van der Waals surface area contributed by atoms with Crippen LogP contribution in [-0.4, -0.2) is 47.7 Å². The number of nitrogens with zero attached hydrogens (tertiary/aromatic N) is 5. The molecule has 6 heteroatoms. The average Bonchev–Trinajstić information content (AvgIpc) is 2.94. The van der Waals surface area contributed by atoms with Gasteiger partial charge in [0, 0.05) is 32.7 Å². The lowest BCUT2D eigenvalue weighted by Gasteiger charge is -2.22. The van der Waals surface area contributed by atoms with Crippen LogP contribution in [0.1, 0.15) is 33.6 Å². The largest absolute Gasteiger partial charge is 0.354 e. The van der Waals surface area contributed by atoms with E-state index < -0.39 is 0 Å². The second-order valence-corrected chi connectivity index (χ2v) is 4.66. The van der Waals surface area contributed by atoms with Crippen LogP contribution < -0.4 is 15.1 Å². The van der Waals surface area contributed by atoms with Gasteiger partial charge in [-0.2, -0.15) is 15.0 Å². The fraction of sp³-hybridized carbons (Fsp3) is 0.769. The predicted molar refractivity (Wildman–Crippen MR) is 79.0 cm³/mol. The lowest BCUT2D eigenvalue weighted by atomic mass is 10.4. The molecule has 0 amide bonds. The van der Waals surface area contributed by atoms with Crippen LogP contribution in [0, 0.1) is 0 Å². The molecule has 2 rings (SSSR count). The molecule has 0 radical (unpaired) electrons. The molecule has 6 nitrogen and oxygen atoms in total. The molecule has 106 valence electrons. The Morgan fingerprint density at radius 3 is 2.32 bits per heavy atom. The summed E-state index contributed by atoms with van der Waals surface area (Å²) in [5.41, 5.74) is 0. The van der Waals surface area contributed by atoms with Crippen LogP contribution in [0.4, 0.5) is 17.8 Å². The SMILES string of the molecule is CCNc1nc(N(CC)CC)nc(N2CCCC2)n1. The first-order valence-electron chi connectivity index (χ1n) is 7.28. The zero-order valence-electron chi connectivity index (χ0n) is 12.2. The smallest absolute Gasteiger partial charge is 0.231 e. The third-order valence-corrected chi connectivity index (χ3v) is 3.38. The maximum absolute atomic E-state index is 4.63. The molecule has 2 heterocycles. The van der Waals surface area contributed by atoms with Crippen molar-refractivity contribution in [3.05, 3.63) is 0 Å². The number of hydrogen-bond acceptors (Lipinski definition) is 6. The number of hydrogen-bond donors (Lipinski definition) is 1. The summed E-state index contributed by atoms with van der Waals surface area (Å²) in [5.74, 6) is 2.27. The molecule has 1 aliphatic rings. The van der Waals surface area contributed by atoms with Crippen LogP contribution in [0.3, 0.4) is 0 Å². The lowest BCUT2D eigenvalue weighted by molar-refractivity contribution is 0.796. The molecule has 1 aliphatic heterocycles. The van der Waals surface area contributed by atoms with Crippen molar-refractivity contribution in [3.8, 4) is 0 Å². The van der Waals surface area contributed by atoms with E-state index in [1.807, 2.05) is 0 Å². The first kappa shape index (κ1) is 13.8. The summed E-state index contributed by atoms with van der Waals surface area (Å²) < 4.78 is 0. The molecule has 0 unspecified atom stereocenters. The minimum Gasteiger partial charge on any atom is -0.354 e. The van der Waals surface area contributed by atoms with Crippen LogP contribution in [-0.2, 0) is 0 Å². The lowest BCUT2D eigenvalue weighted by Crippen LogP contribution is -2.27. The molecule has 0 aromatic carbocycles. The standard InChI is InChI=1S/C13H24N6/c1-4-14-11-15-12(18(5-2)6-3)17-13(16-11)19-9-7-8-10-19/h4-10H2,1-3H3,(H,14,15,16,17). The van der Waals surface area contributed by atoms with E-state index >= 15 is 0 Å². The van der Waals surface area contributed by atoms with Crippen molar-refractivity contribution < 1.29 is 0 Å². The van der Waals surface area contributed by atoms with Crippen molar-refractivity contribution in [2.45, 2.75) is 33.6 Å². The Morgan fingerprint density at radius 2 is 1.74 bits per heavy atom. The van der Waals surface area contributed by atoms with Crippen LogP contribution >= 0.6 is 0 Å². The quantitative estimate of drug-likeness (QED) is 0.845. The van der Waals surface area contributed by atoms with Crippen molar-refractivity contribution in [1.82, 2.24) is 15.0 Å². The van der Waals surface area contributed by atoms with Crippen molar-refractivity contribution in [2.75, 3.05) is 47.8 Å². The number of aromatic nitrogens is 3. The number of nitrogens with one attached hydrogen (secondary N) is 1. The van der Waals surface area contributed by atoms with Crippen LogP contribution in [0.15, 0.2) is 0 Å². The first-order chi connectivity index (χ1) is 9.28. The normalized spacial score (nSPS) is 14.8. The van der Waals surface area contributed by atoms with E-state index in [0.717, 1.165) is 44.6 Å². The van der Waals surface area contributed by atoms with Gasteiger partial charge < -0.3 is 15.1 Å². The molecular formula is C13H24N6. The summed E-state index contributed by atoms with van der Waals surface area (Å²) >= 11 is 0. The molecule has 0 aliphatic carbocycles. The van der Waals surface area contributed by atoms with Gasteiger partial charge in [-0.15, -0.1) is 0 Å². The maximum Gasteiger partial charge on any atom is 0.231 e. The van der Waals surface area contributed by atoms with Gasteiger partial charge in [-0.3, -0.25) is 0 Å². The van der Waals surface area contributed by atoms with E-state index in [0.29, 0.717) is 5.95 Å². The summed E-state index contributed by atoms with van der Waals surface area (Å²) in [7, 11) is 0. The van der Waals surface area contributed by atoms with E-state index in [1.54, 1.807) is 0 Å². The van der Waals surface area contributed by atoms with E-state index in [9.17, 15) is 0 Å². The highest BCUT2D eigenvalue weighted by Crippen LogP contribution is 2.20. The Balaban J connectivity index is 2.30. The zero-order valence-corrected chi connectivity index (χ0v) is 12.2. The Bertz CT molecular complexity index is 378. The van der Waals surface area contributed by atoms with Gasteiger partial charge in [0.1, 0.15) is 0 Å². The minimum atomic E-state index is 0.682. The van der Waals surface area contributed by atoms with Crippen LogP contribution in [0.2, 0.25) is 0 Å². The molecule has 1 N–H and O–H groups in total. The molecule has 0 atom stereocenters. The van der Waals surface area contributed by atoms with E-state index in [-0.39, 0.29) is 0 Å². The van der Waals surface area contributed by atoms with Gasteiger partial charge in [0.25, 0.3) is 0 Å². The topological polar surface area (TPSA) is 57.2 Å². The highest BCUT2D eigenvalue weighted by atomic mass is 15.4. The van der Waals surface area contributed by atoms with Crippen LogP contribution in [0.5, 0.6) is 0 Å². The molecule has 1 fully saturated rings. The number of anilines is 3. The molecule has 19 heavy (non-hydrogen) atoms. The average molecular weight is 264 g/mol. The molecule has 0 saturated carbocycles. The third kappa shape index (κ3) is 3.24. The minimum absolute atomic E-state index is 0.682. The van der Waals surface area contributed by atoms with Gasteiger partial charge in [0.15, 0.2) is 0 Å². The van der Waals surface area contributed by atoms with Crippen molar-refractivity contribution in [2.24, 2.45) is 0 Å². The van der Waals surface area contributed by atoms with Crippen molar-refractivity contribution in [1.29, 1.82) is 0 Å². The first-order valence-corrected chi connectivity index (χ1v) is 7.28. The summed E-state index contributed by atoms with van der Waals surface area (Å²) in [6, 6.07) is 0. The highest BCUT2D eigenvalue weighted by Gasteiger charge is 2.18. The molecule has 0 bridgehead atoms. The summed E-state index contributed by atoms with van der Waals surface area (Å²) in [4.78, 5) is 18.1. The Kier molecular flexibility index (Phi) is 4.76. The molecule has 0 spiro atoms. The molecule has 1 aromatic heterocycles. The number of rotatable bonds is 6. The zero-order chi connectivity index (χ0) is 13.7. The maximum atomic E-state index is 4.63. The summed E-state index contributed by atoms with van der Waals surface area (Å²) in [6.45, 7) is 11.0. The van der Waals surface area contributed by atoms with Gasteiger partial charge in [0.05, 0.1) is 0 Å². The second kappa shape index (κ2) is 6.54. The fourth-order valence-corrected chi connectivity index (χ4v) is 2.30. The predicted octanol–water partition coefficient (Wildman–Crippen LogP) is 1.75. The third-order valence-electron chi connectivity index (χ3n) is 3.38. The van der Waals surface area contributed by atoms with Crippen LogP contribution in [0.25, 0.3) is 0 Å². The van der Waals surface area contributed by atoms with Gasteiger partial charge in [-0.25, -0.2) is 0 Å². The molecular weight excluding hydrogens is 240 g/mol. The summed E-state index contributed by atoms with van der Waals surface area (Å²) in [5, 5.41) is 3.20. The van der Waals surface area contributed by atoms with Crippen molar-refractivity contribution in [3.63, 3.8) is 0 Å². The van der Waals surface area contributed by atoms with Gasteiger partial charge >= 0.3 is 0 Å². The molecule has 1 aromatic rings. The Hall–Kier alpha value is -1.59. The monoisotopic (exact) mass is 264 g/mol. The van der Waals surface area contributed by atoms with E-state index in [4.69, 9.17) is 0 Å². The Morgan fingerprint density at radius 1 is 1.05 bits per heavy atom.